The second kappa shape index (κ2) is 9.50. The molecule has 33 heavy (non-hydrogen) atoms. The molecule has 2 N–H and O–H groups in total. The molecule has 4 aromatic rings. The normalized spacial score (nSPS) is 13.9. The van der Waals surface area contributed by atoms with E-state index in [-0.39, 0.29) is 17.2 Å². The highest BCUT2D eigenvalue weighted by molar-refractivity contribution is 7.99. The molecule has 0 saturated carbocycles. The lowest BCUT2D eigenvalue weighted by Gasteiger charge is -2.28. The molecule has 1 aliphatic rings. The maximum atomic E-state index is 12.5. The lowest BCUT2D eigenvalue weighted by Crippen LogP contribution is -2.29. The molecule has 2 aromatic heterocycles. The third-order valence-electron chi connectivity index (χ3n) is 5.63. The first kappa shape index (κ1) is 21.3. The molecule has 5 rings (SSSR count). The number of rotatable bonds is 6. The standard InChI is InChI=1S/C24H24N6O2S/c31-21(26-17-9-11-18(12-10-17)29-13-5-2-6-14-29)16-33-24-27-22-20(23(32)28-24)15-25-30(22)19-7-3-1-4-8-19/h1,3-4,7-12,15H,2,5-6,13-14,16H2,(H,26,31)(H,27,28,32). The van der Waals surface area contributed by atoms with Gasteiger partial charge in [0.1, 0.15) is 5.39 Å². The van der Waals surface area contributed by atoms with Crippen molar-refractivity contribution in [3.8, 4) is 5.69 Å². The van der Waals surface area contributed by atoms with Gasteiger partial charge in [0.25, 0.3) is 5.56 Å². The Balaban J connectivity index is 1.25. The monoisotopic (exact) mass is 460 g/mol. The first-order valence-electron chi connectivity index (χ1n) is 11.0. The minimum atomic E-state index is -0.279. The predicted octanol–water partition coefficient (Wildman–Crippen LogP) is 3.83. The zero-order valence-electron chi connectivity index (χ0n) is 18.0. The molecule has 0 unspecified atom stereocenters. The van der Waals surface area contributed by atoms with Crippen molar-refractivity contribution < 1.29 is 4.79 Å². The summed E-state index contributed by atoms with van der Waals surface area (Å²) in [5.74, 6) is -0.0352. The Labute approximate surface area is 195 Å². The lowest BCUT2D eigenvalue weighted by atomic mass is 10.1. The second-order valence-electron chi connectivity index (χ2n) is 7.93. The number of carbonyl (C=O) groups is 1. The summed E-state index contributed by atoms with van der Waals surface area (Å²) in [7, 11) is 0. The van der Waals surface area contributed by atoms with E-state index < -0.39 is 0 Å². The fourth-order valence-corrected chi connectivity index (χ4v) is 4.62. The molecule has 0 aliphatic carbocycles. The Morgan fingerprint density at radius 1 is 1.00 bits per heavy atom. The first-order valence-corrected chi connectivity index (χ1v) is 12.0. The highest BCUT2D eigenvalue weighted by atomic mass is 32.2. The predicted molar refractivity (Wildman–Crippen MR) is 131 cm³/mol. The van der Waals surface area contributed by atoms with Crippen LogP contribution >= 0.6 is 11.8 Å². The van der Waals surface area contributed by atoms with Crippen molar-refractivity contribution in [1.82, 2.24) is 19.7 Å². The molecule has 0 atom stereocenters. The summed E-state index contributed by atoms with van der Waals surface area (Å²) in [6, 6.07) is 17.4. The number of aromatic amines is 1. The Morgan fingerprint density at radius 3 is 2.52 bits per heavy atom. The minimum absolute atomic E-state index is 0.127. The van der Waals surface area contributed by atoms with Crippen LogP contribution < -0.4 is 15.8 Å². The average Bonchev–Trinajstić information content (AvgIpc) is 3.29. The van der Waals surface area contributed by atoms with Crippen LogP contribution in [-0.4, -0.2) is 44.5 Å². The van der Waals surface area contributed by atoms with Gasteiger partial charge in [-0.3, -0.25) is 9.59 Å². The molecule has 0 spiro atoms. The van der Waals surface area contributed by atoms with Gasteiger partial charge in [0.05, 0.1) is 17.6 Å². The van der Waals surface area contributed by atoms with Crippen molar-refractivity contribution in [3.05, 3.63) is 71.1 Å². The number of nitrogens with zero attached hydrogens (tertiary/aromatic N) is 4. The molecular weight excluding hydrogens is 436 g/mol. The molecule has 168 valence electrons. The maximum absolute atomic E-state index is 12.5. The number of aromatic nitrogens is 4. The van der Waals surface area contributed by atoms with Crippen molar-refractivity contribution in [2.45, 2.75) is 24.4 Å². The fraction of sp³-hybridized carbons (Fsp3) is 0.250. The van der Waals surface area contributed by atoms with Crippen LogP contribution in [0.4, 0.5) is 11.4 Å². The quantitative estimate of drug-likeness (QED) is 0.335. The number of anilines is 2. The van der Waals surface area contributed by atoms with E-state index in [1.54, 1.807) is 4.68 Å². The van der Waals surface area contributed by atoms with Crippen molar-refractivity contribution in [3.63, 3.8) is 0 Å². The van der Waals surface area contributed by atoms with Gasteiger partial charge in [-0.25, -0.2) is 9.67 Å². The third-order valence-corrected chi connectivity index (χ3v) is 6.50. The summed E-state index contributed by atoms with van der Waals surface area (Å²) in [5.41, 5.74) is 2.93. The number of nitrogens with one attached hydrogen (secondary N) is 2. The van der Waals surface area contributed by atoms with Gasteiger partial charge in [-0.1, -0.05) is 30.0 Å². The topological polar surface area (TPSA) is 95.9 Å². The molecular formula is C24H24N6O2S. The van der Waals surface area contributed by atoms with Crippen LogP contribution in [0.3, 0.4) is 0 Å². The molecule has 2 aromatic carbocycles. The number of thioether (sulfide) groups is 1. The molecule has 0 bridgehead atoms. The summed E-state index contributed by atoms with van der Waals surface area (Å²) in [6.07, 6.45) is 5.25. The fourth-order valence-electron chi connectivity index (χ4n) is 3.96. The third kappa shape index (κ3) is 4.78. The smallest absolute Gasteiger partial charge is 0.262 e. The molecule has 8 nitrogen and oxygen atoms in total. The van der Waals surface area contributed by atoms with Gasteiger partial charge in [-0.05, 0) is 55.7 Å². The van der Waals surface area contributed by atoms with Gasteiger partial charge < -0.3 is 15.2 Å². The molecule has 9 heteroatoms. The number of H-pyrrole nitrogens is 1. The van der Waals surface area contributed by atoms with Crippen LogP contribution in [0.5, 0.6) is 0 Å². The molecule has 1 saturated heterocycles. The number of fused-ring (bicyclic) bond motifs is 1. The van der Waals surface area contributed by atoms with Crippen LogP contribution in [0.1, 0.15) is 19.3 Å². The summed E-state index contributed by atoms with van der Waals surface area (Å²) in [5, 5.41) is 7.99. The van der Waals surface area contributed by atoms with E-state index in [2.05, 4.69) is 25.3 Å². The summed E-state index contributed by atoms with van der Waals surface area (Å²) in [6.45, 7) is 2.17. The van der Waals surface area contributed by atoms with Gasteiger partial charge in [0.2, 0.25) is 5.91 Å². The van der Waals surface area contributed by atoms with Crippen LogP contribution in [-0.2, 0) is 4.79 Å². The van der Waals surface area contributed by atoms with E-state index in [4.69, 9.17) is 0 Å². The van der Waals surface area contributed by atoms with E-state index in [1.807, 2.05) is 54.6 Å². The Hall–Kier alpha value is -3.59. The van der Waals surface area contributed by atoms with Crippen molar-refractivity contribution >= 4 is 40.1 Å². The highest BCUT2D eigenvalue weighted by Crippen LogP contribution is 2.22. The van der Waals surface area contributed by atoms with E-state index in [9.17, 15) is 9.59 Å². The lowest BCUT2D eigenvalue weighted by molar-refractivity contribution is -0.113. The van der Waals surface area contributed by atoms with E-state index in [0.29, 0.717) is 16.2 Å². The van der Waals surface area contributed by atoms with E-state index in [1.165, 1.54) is 42.9 Å². The highest BCUT2D eigenvalue weighted by Gasteiger charge is 2.14. The van der Waals surface area contributed by atoms with E-state index in [0.717, 1.165) is 24.5 Å². The van der Waals surface area contributed by atoms with Crippen molar-refractivity contribution in [2.24, 2.45) is 0 Å². The number of benzene rings is 2. The molecule has 0 radical (unpaired) electrons. The van der Waals surface area contributed by atoms with Gasteiger partial charge in [-0.2, -0.15) is 5.10 Å². The number of carbonyl (C=O) groups excluding carboxylic acids is 1. The zero-order valence-corrected chi connectivity index (χ0v) is 18.8. The van der Waals surface area contributed by atoms with Crippen LogP contribution in [0.15, 0.2) is 70.7 Å². The Morgan fingerprint density at radius 2 is 1.76 bits per heavy atom. The Bertz CT molecular complexity index is 1310. The van der Waals surface area contributed by atoms with Crippen LogP contribution in [0.2, 0.25) is 0 Å². The van der Waals surface area contributed by atoms with Crippen LogP contribution in [0.25, 0.3) is 16.7 Å². The Kier molecular flexibility index (Phi) is 6.12. The first-order chi connectivity index (χ1) is 16.2. The van der Waals surface area contributed by atoms with Crippen molar-refractivity contribution in [2.75, 3.05) is 29.1 Å². The zero-order chi connectivity index (χ0) is 22.6. The number of para-hydroxylation sites is 1. The van der Waals surface area contributed by atoms with E-state index >= 15 is 0 Å². The number of amides is 1. The number of piperidine rings is 1. The molecule has 1 aliphatic heterocycles. The number of hydrogen-bond donors (Lipinski definition) is 2. The molecule has 3 heterocycles. The largest absolute Gasteiger partial charge is 0.372 e. The summed E-state index contributed by atoms with van der Waals surface area (Å²) < 4.78 is 1.62. The SMILES string of the molecule is O=C(CSc1nc2c(cnn2-c2ccccc2)c(=O)[nH]1)Nc1ccc(N2CCCCC2)cc1. The minimum Gasteiger partial charge on any atom is -0.372 e. The van der Waals surface area contributed by atoms with Gasteiger partial charge in [0, 0.05) is 24.5 Å². The van der Waals surface area contributed by atoms with Crippen LogP contribution in [0, 0.1) is 0 Å². The molecule has 1 amide bonds. The van der Waals surface area contributed by atoms with Gasteiger partial charge >= 0.3 is 0 Å². The maximum Gasteiger partial charge on any atom is 0.262 e. The van der Waals surface area contributed by atoms with Gasteiger partial charge in [0.15, 0.2) is 10.8 Å². The van der Waals surface area contributed by atoms with Gasteiger partial charge in [-0.15, -0.1) is 0 Å². The molecule has 1 fully saturated rings. The summed E-state index contributed by atoms with van der Waals surface area (Å²) in [4.78, 5) is 34.6. The number of hydrogen-bond acceptors (Lipinski definition) is 6. The summed E-state index contributed by atoms with van der Waals surface area (Å²) >= 11 is 1.18. The average molecular weight is 461 g/mol. The van der Waals surface area contributed by atoms with Crippen molar-refractivity contribution in [1.29, 1.82) is 0 Å². The second-order valence-corrected chi connectivity index (χ2v) is 8.90.